The van der Waals surface area contributed by atoms with Gasteiger partial charge in [-0.2, -0.15) is 0 Å². The van der Waals surface area contributed by atoms with E-state index in [4.69, 9.17) is 42.4 Å². The fraction of sp³-hybridized carbons (Fsp3) is 0.300. The van der Waals surface area contributed by atoms with Crippen molar-refractivity contribution in [2.75, 3.05) is 39.8 Å². The Bertz CT molecular complexity index is 1070. The number of halogens is 2. The molecule has 0 radical (unpaired) electrons. The van der Waals surface area contributed by atoms with E-state index in [1.165, 1.54) is 14.2 Å². The first-order chi connectivity index (χ1) is 15.0. The molecule has 1 amide bonds. The molecule has 2 aromatic heterocycles. The molecule has 0 atom stereocenters. The van der Waals surface area contributed by atoms with Crippen LogP contribution in [0.3, 0.4) is 0 Å². The van der Waals surface area contributed by atoms with Crippen molar-refractivity contribution >= 4 is 46.3 Å². The highest BCUT2D eigenvalue weighted by atomic mass is 35.5. The van der Waals surface area contributed by atoms with Crippen LogP contribution in [0.1, 0.15) is 5.82 Å². The van der Waals surface area contributed by atoms with Gasteiger partial charge in [-0.3, -0.25) is 4.79 Å². The third-order valence-corrected chi connectivity index (χ3v) is 5.14. The van der Waals surface area contributed by atoms with Gasteiger partial charge in [-0.1, -0.05) is 23.2 Å². The number of hydrogen-bond acceptors (Lipinski definition) is 8. The van der Waals surface area contributed by atoms with Crippen molar-refractivity contribution < 1.29 is 19.0 Å². The minimum absolute atomic E-state index is 0.198. The second-order valence-electron chi connectivity index (χ2n) is 6.28. The zero-order valence-electron chi connectivity index (χ0n) is 17.2. The van der Waals surface area contributed by atoms with Gasteiger partial charge in [0.1, 0.15) is 22.8 Å². The van der Waals surface area contributed by atoms with Gasteiger partial charge in [0.15, 0.2) is 5.82 Å². The van der Waals surface area contributed by atoms with Crippen molar-refractivity contribution in [3.8, 4) is 22.8 Å². The topological polar surface area (TPSA) is 107 Å². The van der Waals surface area contributed by atoms with Crippen LogP contribution in [0.25, 0.3) is 22.2 Å². The predicted octanol–water partition coefficient (Wildman–Crippen LogP) is 3.32. The van der Waals surface area contributed by atoms with Crippen LogP contribution in [0.2, 0.25) is 10.0 Å². The summed E-state index contributed by atoms with van der Waals surface area (Å²) in [5, 5.41) is 7.07. The quantitative estimate of drug-likeness (QED) is 0.346. The molecule has 9 nitrogen and oxygen atoms in total. The summed E-state index contributed by atoms with van der Waals surface area (Å²) in [6.45, 7) is 1.16. The van der Waals surface area contributed by atoms with Crippen molar-refractivity contribution in [2.45, 2.75) is 6.54 Å². The molecule has 2 heterocycles. The minimum atomic E-state index is 0.198. The molecular weight excluding hydrogens is 445 g/mol. The first-order valence-corrected chi connectivity index (χ1v) is 9.96. The average molecular weight is 466 g/mol. The lowest BCUT2D eigenvalue weighted by Crippen LogP contribution is -2.14. The number of benzene rings is 1. The third kappa shape index (κ3) is 4.90. The number of nitrogens with zero attached hydrogens (tertiary/aromatic N) is 3. The summed E-state index contributed by atoms with van der Waals surface area (Å²) in [6.07, 6.45) is 2.24. The van der Waals surface area contributed by atoms with E-state index in [1.807, 2.05) is 0 Å². The first kappa shape index (κ1) is 22.8. The fourth-order valence-corrected chi connectivity index (χ4v) is 3.62. The van der Waals surface area contributed by atoms with Crippen LogP contribution in [0.5, 0.6) is 11.5 Å². The van der Waals surface area contributed by atoms with Gasteiger partial charge in [-0.05, 0) is 6.07 Å². The molecule has 11 heteroatoms. The average Bonchev–Trinajstić information content (AvgIpc) is 2.78. The van der Waals surface area contributed by atoms with E-state index in [9.17, 15) is 4.79 Å². The van der Waals surface area contributed by atoms with Crippen LogP contribution in [0.4, 0.5) is 5.82 Å². The molecule has 1 aromatic carbocycles. The number of amides is 1. The number of ether oxygens (including phenoxy) is 3. The van der Waals surface area contributed by atoms with E-state index in [-0.39, 0.29) is 6.54 Å². The maximum atomic E-state index is 10.6. The van der Waals surface area contributed by atoms with E-state index in [0.29, 0.717) is 74.9 Å². The SMILES string of the molecule is COCCNc1nc(-c2c(Cl)c(OC)cc(OC)c2Cl)cc2cnc(CNC=O)nc12. The van der Waals surface area contributed by atoms with Gasteiger partial charge in [0, 0.05) is 36.9 Å². The number of pyridine rings is 1. The van der Waals surface area contributed by atoms with Gasteiger partial charge < -0.3 is 24.8 Å². The van der Waals surface area contributed by atoms with E-state index >= 15 is 0 Å². The summed E-state index contributed by atoms with van der Waals surface area (Å²) in [5.74, 6) is 1.75. The predicted molar refractivity (Wildman–Crippen MR) is 119 cm³/mol. The number of carbonyl (C=O) groups is 1. The Morgan fingerprint density at radius 1 is 1.06 bits per heavy atom. The number of hydrogen-bond donors (Lipinski definition) is 2. The highest BCUT2D eigenvalue weighted by molar-refractivity contribution is 6.41. The summed E-state index contributed by atoms with van der Waals surface area (Å²) in [4.78, 5) is 24.1. The Kier molecular flexibility index (Phi) is 7.67. The molecule has 3 rings (SSSR count). The summed E-state index contributed by atoms with van der Waals surface area (Å²) in [6, 6.07) is 3.39. The smallest absolute Gasteiger partial charge is 0.207 e. The van der Waals surface area contributed by atoms with Crippen LogP contribution in [0, 0.1) is 0 Å². The molecule has 0 bridgehead atoms. The van der Waals surface area contributed by atoms with Crippen LogP contribution >= 0.6 is 23.2 Å². The van der Waals surface area contributed by atoms with E-state index < -0.39 is 0 Å². The van der Waals surface area contributed by atoms with Crippen molar-refractivity contribution in [1.29, 1.82) is 0 Å². The number of fused-ring (bicyclic) bond motifs is 1. The highest BCUT2D eigenvalue weighted by Crippen LogP contribution is 2.46. The van der Waals surface area contributed by atoms with Gasteiger partial charge in [-0.25, -0.2) is 15.0 Å². The molecular formula is C20H21Cl2N5O4. The highest BCUT2D eigenvalue weighted by Gasteiger charge is 2.21. The van der Waals surface area contributed by atoms with Crippen LogP contribution in [0.15, 0.2) is 18.3 Å². The zero-order valence-corrected chi connectivity index (χ0v) is 18.7. The van der Waals surface area contributed by atoms with Gasteiger partial charge in [0.2, 0.25) is 6.41 Å². The molecule has 31 heavy (non-hydrogen) atoms. The summed E-state index contributed by atoms with van der Waals surface area (Å²) in [7, 11) is 4.62. The van der Waals surface area contributed by atoms with Crippen molar-refractivity contribution in [2.24, 2.45) is 0 Å². The largest absolute Gasteiger partial charge is 0.495 e. The lowest BCUT2D eigenvalue weighted by atomic mass is 10.1. The molecule has 164 valence electrons. The fourth-order valence-electron chi connectivity index (χ4n) is 2.93. The summed E-state index contributed by atoms with van der Waals surface area (Å²) >= 11 is 13.1. The van der Waals surface area contributed by atoms with Crippen LogP contribution in [-0.4, -0.2) is 55.8 Å². The number of nitrogens with one attached hydrogen (secondary N) is 2. The molecule has 3 aromatic rings. The van der Waals surface area contributed by atoms with E-state index in [0.717, 1.165) is 0 Å². The molecule has 0 spiro atoms. The summed E-state index contributed by atoms with van der Waals surface area (Å²) in [5.41, 5.74) is 1.53. The molecule has 0 saturated carbocycles. The molecule has 0 saturated heterocycles. The van der Waals surface area contributed by atoms with Crippen molar-refractivity contribution in [3.05, 3.63) is 34.2 Å². The molecule has 0 unspecified atom stereocenters. The van der Waals surface area contributed by atoms with Crippen LogP contribution in [-0.2, 0) is 16.1 Å². The maximum absolute atomic E-state index is 10.6. The second kappa shape index (κ2) is 10.4. The molecule has 2 N–H and O–H groups in total. The van der Waals surface area contributed by atoms with E-state index in [1.54, 1.807) is 25.4 Å². The standard InChI is InChI=1S/C20H21Cl2N5O4/c1-29-5-4-24-20-19-11(8-25-15(27-19)9-23-10-28)6-12(26-20)16-17(21)13(30-2)7-14(31-3)18(16)22/h6-8,10H,4-5,9H2,1-3H3,(H,23,28)(H,24,26). The first-order valence-electron chi connectivity index (χ1n) is 9.20. The van der Waals surface area contributed by atoms with E-state index in [2.05, 4.69) is 20.6 Å². The summed E-state index contributed by atoms with van der Waals surface area (Å²) < 4.78 is 15.8. The number of carbonyl (C=O) groups excluding carboxylic acids is 1. The molecule has 0 aliphatic heterocycles. The van der Waals surface area contributed by atoms with Gasteiger partial charge in [0.25, 0.3) is 0 Å². The number of aromatic nitrogens is 3. The Morgan fingerprint density at radius 2 is 1.77 bits per heavy atom. The zero-order chi connectivity index (χ0) is 22.4. The van der Waals surface area contributed by atoms with Gasteiger partial charge in [-0.15, -0.1) is 0 Å². The number of methoxy groups -OCH3 is 3. The van der Waals surface area contributed by atoms with Crippen LogP contribution < -0.4 is 20.1 Å². The number of anilines is 1. The van der Waals surface area contributed by atoms with Crippen molar-refractivity contribution in [3.63, 3.8) is 0 Å². The van der Waals surface area contributed by atoms with Gasteiger partial charge >= 0.3 is 0 Å². The Morgan fingerprint density at radius 3 is 2.39 bits per heavy atom. The molecule has 0 fully saturated rings. The Hall–Kier alpha value is -2.88. The molecule has 0 aliphatic rings. The Labute approximate surface area is 189 Å². The lowest BCUT2D eigenvalue weighted by Gasteiger charge is -2.16. The third-order valence-electron chi connectivity index (χ3n) is 4.39. The normalized spacial score (nSPS) is 10.7. The van der Waals surface area contributed by atoms with Gasteiger partial charge in [0.05, 0.1) is 43.1 Å². The Balaban J connectivity index is 2.21. The number of rotatable bonds is 10. The lowest BCUT2D eigenvalue weighted by molar-refractivity contribution is -0.109. The molecule has 0 aliphatic carbocycles. The maximum Gasteiger partial charge on any atom is 0.207 e. The second-order valence-corrected chi connectivity index (χ2v) is 7.04. The minimum Gasteiger partial charge on any atom is -0.495 e. The monoisotopic (exact) mass is 465 g/mol. The van der Waals surface area contributed by atoms with Crippen molar-refractivity contribution in [1.82, 2.24) is 20.3 Å².